The summed E-state index contributed by atoms with van der Waals surface area (Å²) in [5.41, 5.74) is 6.19. The summed E-state index contributed by atoms with van der Waals surface area (Å²) in [6.45, 7) is 3.01. The SMILES string of the molecule is CCOC(=O)[C@H](C)NP1(=O)OC[C@H]2O[C@@H](n3cnc4c(N)nc(Cl)nc43)[C@@H](F)[C@@H]2O1. The van der Waals surface area contributed by atoms with Gasteiger partial charge in [0.25, 0.3) is 0 Å². The van der Waals surface area contributed by atoms with Gasteiger partial charge < -0.3 is 15.2 Å². The van der Waals surface area contributed by atoms with E-state index in [0.29, 0.717) is 0 Å². The average molecular weight is 465 g/mol. The number of fused-ring (bicyclic) bond motifs is 2. The monoisotopic (exact) mass is 464 g/mol. The molecule has 3 N–H and O–H groups in total. The van der Waals surface area contributed by atoms with Crippen molar-refractivity contribution in [2.45, 2.75) is 44.5 Å². The summed E-state index contributed by atoms with van der Waals surface area (Å²) < 4.78 is 50.7. The fraction of sp³-hybridized carbons (Fsp3) is 0.600. The second-order valence-corrected chi connectivity index (χ2v) is 8.74. The minimum absolute atomic E-state index is 0.0378. The number of hydrogen-bond acceptors (Lipinski definition) is 10. The first-order valence-electron chi connectivity index (χ1n) is 9.05. The molecule has 4 rings (SSSR count). The van der Waals surface area contributed by atoms with Gasteiger partial charge in [0.2, 0.25) is 5.28 Å². The molecule has 2 aliphatic rings. The van der Waals surface area contributed by atoms with Gasteiger partial charge in [0.05, 0.1) is 19.5 Å². The van der Waals surface area contributed by atoms with E-state index in [1.807, 2.05) is 0 Å². The van der Waals surface area contributed by atoms with Crippen molar-refractivity contribution in [3.8, 4) is 0 Å². The van der Waals surface area contributed by atoms with E-state index >= 15 is 4.39 Å². The van der Waals surface area contributed by atoms with Crippen LogP contribution in [-0.4, -0.2) is 63.1 Å². The Balaban J connectivity index is 1.54. The Hall–Kier alpha value is -1.89. The van der Waals surface area contributed by atoms with Crippen molar-refractivity contribution in [1.82, 2.24) is 24.6 Å². The van der Waals surface area contributed by atoms with E-state index in [2.05, 4.69) is 20.0 Å². The van der Waals surface area contributed by atoms with Gasteiger partial charge >= 0.3 is 13.7 Å². The molecule has 2 saturated heterocycles. The van der Waals surface area contributed by atoms with Crippen LogP contribution in [0.4, 0.5) is 10.2 Å². The molecule has 12 nitrogen and oxygen atoms in total. The molecule has 0 spiro atoms. The third-order valence-corrected chi connectivity index (χ3v) is 6.51. The number of nitrogens with two attached hydrogens (primary N) is 1. The standard InChI is InChI=1S/C15H19ClFN6O6P/c1-3-26-14(24)6(2)22-30(25)27-4-7-10(29-30)8(17)13(28-7)23-5-19-9-11(18)20-15(16)21-12(9)23/h5-8,10,13H,3-4H2,1-2H3,(H,22,25)(H2,18,20,21)/t6-,7+,8-,10+,13+,30?/m0/s1. The molecule has 15 heteroatoms. The predicted molar refractivity (Wildman–Crippen MR) is 101 cm³/mol. The van der Waals surface area contributed by atoms with Crippen molar-refractivity contribution < 1.29 is 32.3 Å². The molecule has 2 fully saturated rings. The van der Waals surface area contributed by atoms with Crippen molar-refractivity contribution in [2.24, 2.45) is 0 Å². The van der Waals surface area contributed by atoms with Crippen LogP contribution in [0.3, 0.4) is 0 Å². The summed E-state index contributed by atoms with van der Waals surface area (Å²) in [5, 5.41) is 2.32. The molecule has 0 aromatic carbocycles. The van der Waals surface area contributed by atoms with Gasteiger partial charge in [-0.3, -0.25) is 18.4 Å². The number of nitrogens with zero attached hydrogens (tertiary/aromatic N) is 4. The highest BCUT2D eigenvalue weighted by Gasteiger charge is 2.54. The lowest BCUT2D eigenvalue weighted by molar-refractivity contribution is -0.144. The van der Waals surface area contributed by atoms with Crippen LogP contribution >= 0.6 is 19.3 Å². The quantitative estimate of drug-likeness (QED) is 0.374. The number of nitrogens with one attached hydrogen (secondary N) is 1. The molecule has 4 heterocycles. The van der Waals surface area contributed by atoms with Gasteiger partial charge in [-0.1, -0.05) is 0 Å². The Bertz CT molecular complexity index is 1020. The van der Waals surface area contributed by atoms with Crippen molar-refractivity contribution in [2.75, 3.05) is 18.9 Å². The van der Waals surface area contributed by atoms with Crippen LogP contribution in [0, 0.1) is 0 Å². The van der Waals surface area contributed by atoms with Gasteiger partial charge in [0.15, 0.2) is 23.9 Å². The molecular weight excluding hydrogens is 446 g/mol. The Morgan fingerprint density at radius 2 is 2.33 bits per heavy atom. The van der Waals surface area contributed by atoms with Crippen molar-refractivity contribution in [3.05, 3.63) is 11.6 Å². The number of nitrogen functional groups attached to an aromatic ring is 1. The number of anilines is 1. The van der Waals surface area contributed by atoms with E-state index in [1.54, 1.807) is 6.92 Å². The third-order valence-electron chi connectivity index (χ3n) is 4.62. The van der Waals surface area contributed by atoms with Crippen molar-refractivity contribution in [1.29, 1.82) is 0 Å². The van der Waals surface area contributed by atoms with Crippen LogP contribution in [0.25, 0.3) is 11.2 Å². The summed E-state index contributed by atoms with van der Waals surface area (Å²) in [4.78, 5) is 23.7. The third kappa shape index (κ3) is 3.77. The number of imidazole rings is 1. The molecular formula is C15H19ClFN6O6P. The summed E-state index contributed by atoms with van der Waals surface area (Å²) in [6, 6.07) is -0.983. The Labute approximate surface area is 174 Å². The molecule has 30 heavy (non-hydrogen) atoms. The highest BCUT2D eigenvalue weighted by molar-refractivity contribution is 7.51. The smallest absolute Gasteiger partial charge is 0.406 e. The summed E-state index contributed by atoms with van der Waals surface area (Å²) >= 11 is 5.85. The zero-order valence-corrected chi connectivity index (χ0v) is 17.5. The van der Waals surface area contributed by atoms with Gasteiger partial charge in [-0.15, -0.1) is 0 Å². The molecule has 2 aliphatic heterocycles. The molecule has 0 aliphatic carbocycles. The number of carbonyl (C=O) groups is 1. The number of alkyl halides is 1. The number of ether oxygens (including phenoxy) is 2. The first kappa shape index (κ1) is 21.3. The normalized spacial score (nSPS) is 32.1. The number of hydrogen-bond donors (Lipinski definition) is 2. The fourth-order valence-electron chi connectivity index (χ4n) is 3.26. The summed E-state index contributed by atoms with van der Waals surface area (Å²) in [7, 11) is -3.98. The van der Waals surface area contributed by atoms with E-state index in [0.717, 1.165) is 0 Å². The zero-order chi connectivity index (χ0) is 21.6. The summed E-state index contributed by atoms with van der Waals surface area (Å²) in [5.74, 6) is -0.603. The van der Waals surface area contributed by atoms with Crippen LogP contribution in [0.1, 0.15) is 20.1 Å². The van der Waals surface area contributed by atoms with Gasteiger partial charge in [-0.2, -0.15) is 9.97 Å². The Morgan fingerprint density at radius 1 is 1.57 bits per heavy atom. The van der Waals surface area contributed by atoms with E-state index in [4.69, 9.17) is 35.9 Å². The Morgan fingerprint density at radius 3 is 3.07 bits per heavy atom. The van der Waals surface area contributed by atoms with Gasteiger partial charge in [-0.25, -0.2) is 19.0 Å². The van der Waals surface area contributed by atoms with Gasteiger partial charge in [0.1, 0.15) is 23.8 Å². The van der Waals surface area contributed by atoms with Crippen LogP contribution in [-0.2, 0) is 27.9 Å². The minimum Gasteiger partial charge on any atom is -0.465 e. The Kier molecular flexibility index (Phi) is 5.68. The number of rotatable bonds is 5. The van der Waals surface area contributed by atoms with Crippen LogP contribution < -0.4 is 10.8 Å². The maximum Gasteiger partial charge on any atom is 0.406 e. The largest absolute Gasteiger partial charge is 0.465 e. The maximum absolute atomic E-state index is 15.3. The molecule has 164 valence electrons. The average Bonchev–Trinajstić information content (AvgIpc) is 3.23. The second-order valence-electron chi connectivity index (χ2n) is 6.68. The predicted octanol–water partition coefficient (Wildman–Crippen LogP) is 1.36. The van der Waals surface area contributed by atoms with Crippen molar-refractivity contribution >= 4 is 42.3 Å². The second kappa shape index (κ2) is 7.98. The first-order chi connectivity index (χ1) is 14.2. The van der Waals surface area contributed by atoms with Crippen LogP contribution in [0.5, 0.6) is 0 Å². The molecule has 6 atom stereocenters. The number of halogens is 2. The van der Waals surface area contributed by atoms with Crippen LogP contribution in [0.2, 0.25) is 5.28 Å². The van der Waals surface area contributed by atoms with Gasteiger partial charge in [0, 0.05) is 0 Å². The molecule has 1 unspecified atom stereocenters. The van der Waals surface area contributed by atoms with Gasteiger partial charge in [-0.05, 0) is 25.4 Å². The molecule has 0 radical (unpaired) electrons. The molecule has 2 aromatic heterocycles. The lowest BCUT2D eigenvalue weighted by atomic mass is 10.1. The van der Waals surface area contributed by atoms with E-state index in [-0.39, 0.29) is 35.5 Å². The summed E-state index contributed by atoms with van der Waals surface area (Å²) in [6.07, 6.45) is -3.72. The highest BCUT2D eigenvalue weighted by Crippen LogP contribution is 2.54. The van der Waals surface area contributed by atoms with E-state index in [9.17, 15) is 9.36 Å². The minimum atomic E-state index is -3.98. The highest BCUT2D eigenvalue weighted by atomic mass is 35.5. The molecule has 0 amide bonds. The fourth-order valence-corrected chi connectivity index (χ4v) is 5.12. The molecule has 0 bridgehead atoms. The molecule has 2 aromatic rings. The maximum atomic E-state index is 15.3. The lowest BCUT2D eigenvalue weighted by Crippen LogP contribution is -2.43. The zero-order valence-electron chi connectivity index (χ0n) is 15.9. The van der Waals surface area contributed by atoms with E-state index in [1.165, 1.54) is 17.8 Å². The lowest BCUT2D eigenvalue weighted by Gasteiger charge is -2.32. The number of carbonyl (C=O) groups excluding carboxylic acids is 1. The topological polar surface area (TPSA) is 153 Å². The van der Waals surface area contributed by atoms with Crippen LogP contribution in [0.15, 0.2) is 6.33 Å². The number of esters is 1. The van der Waals surface area contributed by atoms with E-state index < -0.39 is 44.4 Å². The van der Waals surface area contributed by atoms with Crippen molar-refractivity contribution in [3.63, 3.8) is 0 Å². The molecule has 0 saturated carbocycles. The number of aromatic nitrogens is 4. The first-order valence-corrected chi connectivity index (χ1v) is 11.0.